The number of nitrogens with one attached hydrogen (secondary N) is 2. The van der Waals surface area contributed by atoms with E-state index in [1.165, 1.54) is 29.1 Å². The molecule has 1 atom stereocenters. The first-order chi connectivity index (χ1) is 13.5. The van der Waals surface area contributed by atoms with Crippen LogP contribution >= 0.6 is 0 Å². The lowest BCUT2D eigenvalue weighted by molar-refractivity contribution is -0.917. The molecule has 0 spiro atoms. The molecule has 0 saturated carbocycles. The molecule has 2 aliphatic rings. The second-order valence-corrected chi connectivity index (χ2v) is 9.68. The molecule has 0 aromatic heterocycles. The predicted octanol–water partition coefficient (Wildman–Crippen LogP) is 0.971. The molecule has 1 heterocycles. The first kappa shape index (κ1) is 21.0. The Bertz CT molecular complexity index is 784. The van der Waals surface area contributed by atoms with Gasteiger partial charge in [-0.3, -0.25) is 4.79 Å². The van der Waals surface area contributed by atoms with Crippen LogP contribution in [-0.4, -0.2) is 57.4 Å². The van der Waals surface area contributed by atoms with Crippen molar-refractivity contribution in [3.8, 4) is 0 Å². The highest BCUT2D eigenvalue weighted by molar-refractivity contribution is 7.89. The summed E-state index contributed by atoms with van der Waals surface area (Å²) in [6.07, 6.45) is 8.13. The topological polar surface area (TPSA) is 70.9 Å². The van der Waals surface area contributed by atoms with E-state index < -0.39 is 10.0 Å². The molecule has 1 aliphatic carbocycles. The van der Waals surface area contributed by atoms with E-state index in [4.69, 9.17) is 0 Å². The molecule has 1 saturated heterocycles. The molecular formula is C21H32N3O3S+. The average Bonchev–Trinajstić information content (AvgIpc) is 2.74. The standard InChI is InChI=1S/C21H31N3O3S/c1-18(21(25)22-13-12-19-8-4-2-5-9-19)23-14-16-24(17-15-23)28(26,27)20-10-6-3-7-11-20/h3,6-8,10-11,18H,2,4-5,9,12-17H2,1H3,(H,22,25)/p+1/t18-/m0/s1. The number of carbonyl (C=O) groups is 1. The van der Waals surface area contributed by atoms with Crippen LogP contribution in [-0.2, 0) is 14.8 Å². The fourth-order valence-electron chi connectivity index (χ4n) is 4.00. The Labute approximate surface area is 168 Å². The maximum Gasteiger partial charge on any atom is 0.278 e. The smallest absolute Gasteiger partial charge is 0.278 e. The first-order valence-corrected chi connectivity index (χ1v) is 11.8. The third-order valence-electron chi connectivity index (χ3n) is 5.88. The molecule has 0 unspecified atom stereocenters. The van der Waals surface area contributed by atoms with Crippen molar-refractivity contribution < 1.29 is 18.1 Å². The minimum Gasteiger partial charge on any atom is -0.351 e. The normalized spacial score (nSPS) is 20.4. The molecule has 28 heavy (non-hydrogen) atoms. The first-order valence-electron chi connectivity index (χ1n) is 10.3. The number of hydrogen-bond donors (Lipinski definition) is 2. The number of rotatable bonds is 7. The molecule has 6 nitrogen and oxygen atoms in total. The van der Waals surface area contributed by atoms with Crippen LogP contribution in [0.1, 0.15) is 39.0 Å². The van der Waals surface area contributed by atoms with E-state index in [0.717, 1.165) is 17.7 Å². The van der Waals surface area contributed by atoms with Gasteiger partial charge in [-0.25, -0.2) is 8.42 Å². The van der Waals surface area contributed by atoms with E-state index in [1.807, 2.05) is 13.0 Å². The molecule has 1 amide bonds. The Morgan fingerprint density at radius 2 is 1.89 bits per heavy atom. The second-order valence-electron chi connectivity index (χ2n) is 7.75. The van der Waals surface area contributed by atoms with Gasteiger partial charge in [0.15, 0.2) is 6.04 Å². The summed E-state index contributed by atoms with van der Waals surface area (Å²) in [5, 5.41) is 3.06. The van der Waals surface area contributed by atoms with Gasteiger partial charge in [0, 0.05) is 6.54 Å². The van der Waals surface area contributed by atoms with Crippen molar-refractivity contribution in [1.29, 1.82) is 0 Å². The van der Waals surface area contributed by atoms with Crippen LogP contribution in [0.2, 0.25) is 0 Å². The zero-order chi connectivity index (χ0) is 20.0. The van der Waals surface area contributed by atoms with E-state index >= 15 is 0 Å². The number of allylic oxidation sites excluding steroid dienone is 1. The van der Waals surface area contributed by atoms with Gasteiger partial charge in [-0.05, 0) is 51.2 Å². The average molecular weight is 407 g/mol. The Balaban J connectivity index is 1.46. The summed E-state index contributed by atoms with van der Waals surface area (Å²) >= 11 is 0. The van der Waals surface area contributed by atoms with Gasteiger partial charge in [0.05, 0.1) is 31.1 Å². The van der Waals surface area contributed by atoms with Gasteiger partial charge in [-0.15, -0.1) is 0 Å². The summed E-state index contributed by atoms with van der Waals surface area (Å²) in [5.41, 5.74) is 1.46. The van der Waals surface area contributed by atoms with Gasteiger partial charge >= 0.3 is 0 Å². The summed E-state index contributed by atoms with van der Waals surface area (Å²) in [7, 11) is -3.44. The zero-order valence-electron chi connectivity index (χ0n) is 16.7. The lowest BCUT2D eigenvalue weighted by atomic mass is 9.97. The van der Waals surface area contributed by atoms with Crippen LogP contribution in [0.3, 0.4) is 0 Å². The zero-order valence-corrected chi connectivity index (χ0v) is 17.5. The van der Waals surface area contributed by atoms with Crippen molar-refractivity contribution in [3.05, 3.63) is 42.0 Å². The molecule has 0 bridgehead atoms. The predicted molar refractivity (Wildman–Crippen MR) is 110 cm³/mol. The van der Waals surface area contributed by atoms with E-state index in [9.17, 15) is 13.2 Å². The molecule has 3 rings (SSSR count). The molecule has 7 heteroatoms. The molecule has 154 valence electrons. The summed E-state index contributed by atoms with van der Waals surface area (Å²) in [6.45, 7) is 4.80. The Morgan fingerprint density at radius 3 is 2.54 bits per heavy atom. The van der Waals surface area contributed by atoms with Crippen LogP contribution in [0.25, 0.3) is 0 Å². The summed E-state index contributed by atoms with van der Waals surface area (Å²) in [4.78, 5) is 14.0. The minimum absolute atomic E-state index is 0.0609. The van der Waals surface area contributed by atoms with Gasteiger partial charge in [0.25, 0.3) is 5.91 Å². The highest BCUT2D eigenvalue weighted by Crippen LogP contribution is 2.19. The Kier molecular flexibility index (Phi) is 7.26. The highest BCUT2D eigenvalue weighted by Gasteiger charge is 2.34. The Hall–Kier alpha value is -1.70. The number of quaternary nitrogens is 1. The summed E-state index contributed by atoms with van der Waals surface area (Å²) < 4.78 is 27.0. The molecule has 2 N–H and O–H groups in total. The second kappa shape index (κ2) is 9.67. The number of hydrogen-bond acceptors (Lipinski definition) is 3. The van der Waals surface area contributed by atoms with Crippen molar-refractivity contribution in [2.45, 2.75) is 50.0 Å². The fraction of sp³-hybridized carbons (Fsp3) is 0.571. The maximum absolute atomic E-state index is 12.7. The quantitative estimate of drug-likeness (QED) is 0.663. The lowest BCUT2D eigenvalue weighted by Gasteiger charge is -2.34. The van der Waals surface area contributed by atoms with E-state index in [-0.39, 0.29) is 11.9 Å². The van der Waals surface area contributed by atoms with Crippen LogP contribution < -0.4 is 10.2 Å². The van der Waals surface area contributed by atoms with E-state index in [1.54, 1.807) is 24.3 Å². The van der Waals surface area contributed by atoms with Crippen molar-refractivity contribution in [1.82, 2.24) is 9.62 Å². The Morgan fingerprint density at radius 1 is 1.18 bits per heavy atom. The van der Waals surface area contributed by atoms with Crippen LogP contribution in [0.4, 0.5) is 0 Å². The van der Waals surface area contributed by atoms with Gasteiger partial charge in [0.2, 0.25) is 10.0 Å². The SMILES string of the molecule is C[C@@H](C(=O)NCCC1=CCCCC1)[NH+]1CCN(S(=O)(=O)c2ccccc2)CC1. The summed E-state index contributed by atoms with van der Waals surface area (Å²) in [6, 6.07) is 8.39. The number of piperazine rings is 1. The highest BCUT2D eigenvalue weighted by atomic mass is 32.2. The molecular weight excluding hydrogens is 374 g/mol. The number of amides is 1. The number of nitrogens with zero attached hydrogens (tertiary/aromatic N) is 1. The van der Waals surface area contributed by atoms with Gasteiger partial charge in [-0.2, -0.15) is 4.31 Å². The van der Waals surface area contributed by atoms with Crippen molar-refractivity contribution in [2.75, 3.05) is 32.7 Å². The molecule has 1 aromatic carbocycles. The number of benzene rings is 1. The molecule has 1 aromatic rings. The fourth-order valence-corrected chi connectivity index (χ4v) is 5.47. The van der Waals surface area contributed by atoms with Gasteiger partial charge < -0.3 is 10.2 Å². The van der Waals surface area contributed by atoms with Crippen molar-refractivity contribution in [3.63, 3.8) is 0 Å². The van der Waals surface area contributed by atoms with Crippen molar-refractivity contribution >= 4 is 15.9 Å². The van der Waals surface area contributed by atoms with E-state index in [2.05, 4.69) is 11.4 Å². The van der Waals surface area contributed by atoms with Gasteiger partial charge in [0.1, 0.15) is 0 Å². The lowest BCUT2D eigenvalue weighted by Crippen LogP contribution is -3.19. The molecule has 1 aliphatic heterocycles. The van der Waals surface area contributed by atoms with Crippen LogP contribution in [0.5, 0.6) is 0 Å². The number of sulfonamides is 1. The third kappa shape index (κ3) is 5.21. The van der Waals surface area contributed by atoms with Gasteiger partial charge in [-0.1, -0.05) is 29.8 Å². The molecule has 0 radical (unpaired) electrons. The number of carbonyl (C=O) groups excluding carboxylic acids is 1. The van der Waals surface area contributed by atoms with Crippen LogP contribution in [0, 0.1) is 0 Å². The largest absolute Gasteiger partial charge is 0.351 e. The minimum atomic E-state index is -3.44. The van der Waals surface area contributed by atoms with Crippen LogP contribution in [0.15, 0.2) is 46.9 Å². The van der Waals surface area contributed by atoms with Crippen molar-refractivity contribution in [2.24, 2.45) is 0 Å². The maximum atomic E-state index is 12.7. The third-order valence-corrected chi connectivity index (χ3v) is 7.79. The monoisotopic (exact) mass is 406 g/mol. The molecule has 1 fully saturated rings. The summed E-state index contributed by atoms with van der Waals surface area (Å²) in [5.74, 6) is 0.0609. The van der Waals surface area contributed by atoms with E-state index in [0.29, 0.717) is 37.6 Å².